The SMILES string of the molecule is CC1(Cl)C=C(Cl)C=CC1c1csc(NC(=O)c2cc3ccccc3o2)c1C(=O)O. The van der Waals surface area contributed by atoms with Gasteiger partial charge in [0.05, 0.1) is 10.4 Å². The van der Waals surface area contributed by atoms with E-state index in [4.69, 9.17) is 27.6 Å². The lowest BCUT2D eigenvalue weighted by atomic mass is 9.83. The Morgan fingerprint density at radius 1 is 1.31 bits per heavy atom. The Kier molecular flexibility index (Phi) is 5.02. The monoisotopic (exact) mass is 447 g/mol. The molecule has 2 N–H and O–H groups in total. The van der Waals surface area contributed by atoms with E-state index in [1.54, 1.807) is 42.7 Å². The number of benzene rings is 1. The van der Waals surface area contributed by atoms with Gasteiger partial charge in [-0.05, 0) is 42.2 Å². The number of anilines is 1. The van der Waals surface area contributed by atoms with Crippen LogP contribution in [0.25, 0.3) is 11.0 Å². The number of carbonyl (C=O) groups is 2. The highest BCUT2D eigenvalue weighted by atomic mass is 35.5. The summed E-state index contributed by atoms with van der Waals surface area (Å²) in [5, 5.41) is 15.7. The Bertz CT molecular complexity index is 1160. The normalized spacial score (nSPS) is 21.2. The van der Waals surface area contributed by atoms with E-state index in [1.165, 1.54) is 0 Å². The summed E-state index contributed by atoms with van der Waals surface area (Å²) < 4.78 is 5.56. The van der Waals surface area contributed by atoms with Crippen LogP contribution in [0, 0.1) is 0 Å². The number of hydrogen-bond acceptors (Lipinski definition) is 4. The Balaban J connectivity index is 1.67. The molecule has 2 heterocycles. The van der Waals surface area contributed by atoms with Gasteiger partial charge < -0.3 is 14.8 Å². The summed E-state index contributed by atoms with van der Waals surface area (Å²) in [7, 11) is 0. The maximum atomic E-state index is 12.7. The number of halogens is 2. The third-order valence-electron chi connectivity index (χ3n) is 4.72. The smallest absolute Gasteiger partial charge is 0.339 e. The highest BCUT2D eigenvalue weighted by Gasteiger charge is 2.36. The van der Waals surface area contributed by atoms with Crippen molar-refractivity contribution in [3.63, 3.8) is 0 Å². The Morgan fingerprint density at radius 3 is 2.76 bits per heavy atom. The first-order valence-electron chi connectivity index (χ1n) is 8.66. The minimum atomic E-state index is -1.15. The molecule has 4 rings (SSSR count). The Hall–Kier alpha value is -2.54. The van der Waals surface area contributed by atoms with E-state index in [0.717, 1.165) is 16.7 Å². The molecule has 148 valence electrons. The molecule has 0 aliphatic heterocycles. The van der Waals surface area contributed by atoms with Crippen molar-refractivity contribution in [2.24, 2.45) is 0 Å². The summed E-state index contributed by atoms with van der Waals surface area (Å²) in [6, 6.07) is 8.86. The third-order valence-corrected chi connectivity index (χ3v) is 6.21. The molecule has 3 aromatic rings. The number of nitrogens with one attached hydrogen (secondary N) is 1. The van der Waals surface area contributed by atoms with Crippen LogP contribution >= 0.6 is 34.5 Å². The molecule has 2 atom stereocenters. The molecule has 1 amide bonds. The van der Waals surface area contributed by atoms with Crippen LogP contribution in [0.5, 0.6) is 0 Å². The van der Waals surface area contributed by atoms with Gasteiger partial charge in [0.1, 0.15) is 10.6 Å². The van der Waals surface area contributed by atoms with Gasteiger partial charge >= 0.3 is 5.97 Å². The number of para-hydroxylation sites is 1. The molecule has 1 aliphatic rings. The number of alkyl halides is 1. The second-order valence-electron chi connectivity index (χ2n) is 6.82. The van der Waals surface area contributed by atoms with Crippen molar-refractivity contribution < 1.29 is 19.1 Å². The molecule has 0 saturated heterocycles. The molecule has 0 fully saturated rings. The first-order valence-corrected chi connectivity index (χ1v) is 10.3. The van der Waals surface area contributed by atoms with E-state index in [-0.39, 0.29) is 16.3 Å². The second kappa shape index (κ2) is 7.37. The van der Waals surface area contributed by atoms with Crippen LogP contribution in [0.2, 0.25) is 0 Å². The number of thiophene rings is 1. The molecule has 2 aromatic heterocycles. The topological polar surface area (TPSA) is 79.5 Å². The third kappa shape index (κ3) is 3.71. The lowest BCUT2D eigenvalue weighted by Gasteiger charge is -2.30. The molecule has 2 unspecified atom stereocenters. The fourth-order valence-corrected chi connectivity index (χ4v) is 5.01. The number of carboxylic acids is 1. The molecule has 0 spiro atoms. The van der Waals surface area contributed by atoms with E-state index in [0.29, 0.717) is 16.2 Å². The minimum absolute atomic E-state index is 0.00686. The number of amides is 1. The number of furan rings is 1. The predicted molar refractivity (Wildman–Crippen MR) is 116 cm³/mol. The van der Waals surface area contributed by atoms with E-state index < -0.39 is 22.7 Å². The second-order valence-corrected chi connectivity index (χ2v) is 8.95. The van der Waals surface area contributed by atoms with Gasteiger partial charge in [0.25, 0.3) is 5.91 Å². The number of allylic oxidation sites excluding steroid dienone is 4. The van der Waals surface area contributed by atoms with E-state index in [2.05, 4.69) is 5.32 Å². The van der Waals surface area contributed by atoms with Crippen LogP contribution < -0.4 is 5.32 Å². The summed E-state index contributed by atoms with van der Waals surface area (Å²) in [5.41, 5.74) is 1.10. The van der Waals surface area contributed by atoms with Gasteiger partial charge in [0.2, 0.25) is 0 Å². The van der Waals surface area contributed by atoms with Gasteiger partial charge in [0, 0.05) is 16.3 Å². The van der Waals surface area contributed by atoms with E-state index >= 15 is 0 Å². The minimum Gasteiger partial charge on any atom is -0.478 e. The lowest BCUT2D eigenvalue weighted by molar-refractivity contribution is 0.0697. The molecule has 1 aliphatic carbocycles. The van der Waals surface area contributed by atoms with Crippen molar-refractivity contribution in [3.05, 3.63) is 75.9 Å². The van der Waals surface area contributed by atoms with Crippen molar-refractivity contribution in [2.45, 2.75) is 17.7 Å². The average Bonchev–Trinajstić information content (AvgIpc) is 3.25. The molecular formula is C21H15Cl2NO4S. The Morgan fingerprint density at radius 2 is 2.07 bits per heavy atom. The van der Waals surface area contributed by atoms with E-state index in [9.17, 15) is 14.7 Å². The van der Waals surface area contributed by atoms with Gasteiger partial charge in [-0.2, -0.15) is 0 Å². The predicted octanol–water partition coefficient (Wildman–Crippen LogP) is 6.22. The van der Waals surface area contributed by atoms with Gasteiger partial charge in [-0.3, -0.25) is 4.79 Å². The highest BCUT2D eigenvalue weighted by Crippen LogP contribution is 2.45. The summed E-state index contributed by atoms with van der Waals surface area (Å²) in [6.07, 6.45) is 5.14. The van der Waals surface area contributed by atoms with E-state index in [1.807, 2.05) is 18.2 Å². The Labute approximate surface area is 180 Å². The van der Waals surface area contributed by atoms with Crippen LogP contribution in [0.1, 0.15) is 39.3 Å². The van der Waals surface area contributed by atoms with Crippen LogP contribution in [-0.2, 0) is 0 Å². The number of hydrogen-bond donors (Lipinski definition) is 2. The summed E-state index contributed by atoms with van der Waals surface area (Å²) in [4.78, 5) is 23.8. The first-order chi connectivity index (χ1) is 13.8. The van der Waals surface area contributed by atoms with Crippen molar-refractivity contribution in [1.82, 2.24) is 0 Å². The average molecular weight is 448 g/mol. The maximum Gasteiger partial charge on any atom is 0.339 e. The summed E-state index contributed by atoms with van der Waals surface area (Å²) in [5.74, 6) is -1.98. The van der Waals surface area contributed by atoms with Crippen LogP contribution in [0.15, 0.2) is 63.4 Å². The number of carbonyl (C=O) groups excluding carboxylic acids is 1. The molecule has 29 heavy (non-hydrogen) atoms. The van der Waals surface area contributed by atoms with Crippen molar-refractivity contribution in [1.29, 1.82) is 0 Å². The number of carboxylic acid groups (broad SMARTS) is 1. The van der Waals surface area contributed by atoms with Crippen molar-refractivity contribution in [2.75, 3.05) is 5.32 Å². The van der Waals surface area contributed by atoms with Crippen molar-refractivity contribution in [3.8, 4) is 0 Å². The van der Waals surface area contributed by atoms with Crippen molar-refractivity contribution >= 4 is 62.4 Å². The molecule has 0 radical (unpaired) electrons. The molecule has 1 aromatic carbocycles. The molecule has 0 saturated carbocycles. The first kappa shape index (κ1) is 19.8. The fraction of sp³-hybridized carbons (Fsp3) is 0.143. The standard InChI is InChI=1S/C21H15Cl2NO4S/c1-21(23)9-12(22)6-7-14(21)13-10-29-19(17(13)20(26)27)24-18(25)16-8-11-4-2-3-5-15(11)28-16/h2-10,14H,1H3,(H,24,25)(H,26,27). The highest BCUT2D eigenvalue weighted by molar-refractivity contribution is 7.15. The molecular weight excluding hydrogens is 433 g/mol. The van der Waals surface area contributed by atoms with Gasteiger partial charge in [0.15, 0.2) is 5.76 Å². The number of rotatable bonds is 4. The molecule has 5 nitrogen and oxygen atoms in total. The largest absolute Gasteiger partial charge is 0.478 e. The zero-order valence-corrected chi connectivity index (χ0v) is 17.4. The number of aromatic carboxylic acids is 1. The molecule has 0 bridgehead atoms. The fourth-order valence-electron chi connectivity index (χ4n) is 3.36. The zero-order valence-electron chi connectivity index (χ0n) is 15.1. The van der Waals surface area contributed by atoms with Crippen LogP contribution in [0.4, 0.5) is 5.00 Å². The van der Waals surface area contributed by atoms with Crippen LogP contribution in [-0.4, -0.2) is 21.9 Å². The lowest BCUT2D eigenvalue weighted by Crippen LogP contribution is -2.26. The van der Waals surface area contributed by atoms with Gasteiger partial charge in [-0.15, -0.1) is 22.9 Å². The van der Waals surface area contributed by atoms with Crippen LogP contribution in [0.3, 0.4) is 0 Å². The quantitative estimate of drug-likeness (QED) is 0.465. The number of fused-ring (bicyclic) bond motifs is 1. The maximum absolute atomic E-state index is 12.7. The zero-order chi connectivity index (χ0) is 20.8. The van der Waals surface area contributed by atoms with Gasteiger partial charge in [-0.1, -0.05) is 35.9 Å². The van der Waals surface area contributed by atoms with Gasteiger partial charge in [-0.25, -0.2) is 4.79 Å². The summed E-state index contributed by atoms with van der Waals surface area (Å²) >= 11 is 13.8. The molecule has 8 heteroatoms. The summed E-state index contributed by atoms with van der Waals surface area (Å²) in [6.45, 7) is 1.76.